The molecule has 0 radical (unpaired) electrons. The normalized spacial score (nSPS) is 31.6. The van der Waals surface area contributed by atoms with Gasteiger partial charge in [-0.3, -0.25) is 14.4 Å². The summed E-state index contributed by atoms with van der Waals surface area (Å²) in [5.74, 6) is -4.13. The minimum absolute atomic E-state index is 0.100. The third-order valence-corrected chi connectivity index (χ3v) is 11.2. The van der Waals surface area contributed by atoms with Crippen LogP contribution in [0.2, 0.25) is 0 Å². The fraction of sp³-hybridized carbons (Fsp3) is 0.618. The standard InChI is InChI=1S/C34H48N4O6/c1-7-19-15(3)23-12-25-17(5)21(9-10-29(39)40)32(37-25)22(11-30(41)42)33-31(34(43)44)18(6)26(38-33)14-28-20(8-2)16(4)24(36-28)13-27(19)35-23/h7,15,18-19,22-23,26-27,31,33,35-38H,1,8-14H2,2-6H3,(H,39,40)(H,41,42)(H,43,44). The van der Waals surface area contributed by atoms with Crippen molar-refractivity contribution in [3.63, 3.8) is 0 Å². The first kappa shape index (κ1) is 32.0. The Bertz CT molecular complexity index is 1440. The average Bonchev–Trinajstić information content (AvgIpc) is 3.63. The van der Waals surface area contributed by atoms with E-state index in [2.05, 4.69) is 54.0 Å². The summed E-state index contributed by atoms with van der Waals surface area (Å²) in [5.41, 5.74) is 8.12. The van der Waals surface area contributed by atoms with Gasteiger partial charge in [-0.25, -0.2) is 0 Å². The molecule has 44 heavy (non-hydrogen) atoms. The average molecular weight is 609 g/mol. The molecule has 5 rings (SSSR count). The minimum atomic E-state index is -1.02. The highest BCUT2D eigenvalue weighted by Gasteiger charge is 2.50. The number of nitrogens with one attached hydrogen (secondary N) is 4. The van der Waals surface area contributed by atoms with Crippen LogP contribution in [0.4, 0.5) is 0 Å². The van der Waals surface area contributed by atoms with Crippen molar-refractivity contribution in [1.29, 1.82) is 0 Å². The van der Waals surface area contributed by atoms with Gasteiger partial charge < -0.3 is 35.9 Å². The second-order valence-corrected chi connectivity index (χ2v) is 13.4. The fourth-order valence-corrected chi connectivity index (χ4v) is 8.72. The first-order chi connectivity index (χ1) is 20.9. The summed E-state index contributed by atoms with van der Waals surface area (Å²) in [6, 6.07) is -0.535. The number of carbonyl (C=O) groups is 3. The van der Waals surface area contributed by atoms with Crippen molar-refractivity contribution in [1.82, 2.24) is 20.6 Å². The van der Waals surface area contributed by atoms with E-state index < -0.39 is 35.8 Å². The molecule has 9 atom stereocenters. The number of rotatable bonds is 8. The van der Waals surface area contributed by atoms with Crippen molar-refractivity contribution < 1.29 is 29.7 Å². The van der Waals surface area contributed by atoms with E-state index in [1.165, 1.54) is 16.8 Å². The van der Waals surface area contributed by atoms with Crippen LogP contribution in [0.5, 0.6) is 0 Å². The number of hydrogen-bond donors (Lipinski definition) is 7. The molecule has 2 aromatic rings. The second-order valence-electron chi connectivity index (χ2n) is 13.4. The highest BCUT2D eigenvalue weighted by molar-refractivity contribution is 5.74. The van der Waals surface area contributed by atoms with Gasteiger partial charge in [0.15, 0.2) is 0 Å². The lowest BCUT2D eigenvalue weighted by Gasteiger charge is -2.27. The van der Waals surface area contributed by atoms with Crippen molar-refractivity contribution in [2.75, 3.05) is 0 Å². The van der Waals surface area contributed by atoms with E-state index in [4.69, 9.17) is 0 Å². The molecule has 2 aromatic heterocycles. The molecule has 10 heteroatoms. The Morgan fingerprint density at radius 2 is 1.45 bits per heavy atom. The Morgan fingerprint density at radius 3 is 2.07 bits per heavy atom. The van der Waals surface area contributed by atoms with Crippen LogP contribution in [-0.4, -0.2) is 67.4 Å². The number of carboxylic acids is 3. The van der Waals surface area contributed by atoms with Crippen LogP contribution in [0.3, 0.4) is 0 Å². The van der Waals surface area contributed by atoms with Gasteiger partial charge in [0.2, 0.25) is 0 Å². The van der Waals surface area contributed by atoms with Crippen LogP contribution in [0, 0.1) is 37.5 Å². The van der Waals surface area contributed by atoms with E-state index in [9.17, 15) is 29.7 Å². The Labute approximate surface area is 259 Å². The smallest absolute Gasteiger partial charge is 0.308 e. The summed E-state index contributed by atoms with van der Waals surface area (Å²) in [4.78, 5) is 44.2. The monoisotopic (exact) mass is 608 g/mol. The van der Waals surface area contributed by atoms with Gasteiger partial charge in [-0.1, -0.05) is 26.8 Å². The Balaban J connectivity index is 1.69. The van der Waals surface area contributed by atoms with E-state index in [0.29, 0.717) is 18.5 Å². The first-order valence-corrected chi connectivity index (χ1v) is 16.1. The molecular weight excluding hydrogens is 560 g/mol. The van der Waals surface area contributed by atoms with E-state index >= 15 is 0 Å². The molecule has 8 bridgehead atoms. The summed E-state index contributed by atoms with van der Waals surface area (Å²) in [6.45, 7) is 14.6. The largest absolute Gasteiger partial charge is 0.481 e. The van der Waals surface area contributed by atoms with E-state index in [1.54, 1.807) is 0 Å². The third-order valence-electron chi connectivity index (χ3n) is 11.2. The Morgan fingerprint density at radius 1 is 0.841 bits per heavy atom. The van der Waals surface area contributed by atoms with E-state index in [0.717, 1.165) is 35.4 Å². The summed E-state index contributed by atoms with van der Waals surface area (Å²) in [5, 5.41) is 37.7. The zero-order valence-electron chi connectivity index (χ0n) is 26.5. The van der Waals surface area contributed by atoms with Crippen molar-refractivity contribution in [2.24, 2.45) is 23.7 Å². The molecule has 0 saturated carbocycles. The molecule has 0 aromatic carbocycles. The van der Waals surface area contributed by atoms with Gasteiger partial charge in [-0.05, 0) is 66.7 Å². The lowest BCUT2D eigenvalue weighted by molar-refractivity contribution is -0.144. The van der Waals surface area contributed by atoms with Gasteiger partial charge in [0.05, 0.1) is 12.3 Å². The van der Waals surface area contributed by atoms with Crippen molar-refractivity contribution in [2.45, 2.75) is 110 Å². The number of aromatic amines is 2. The molecule has 0 spiro atoms. The van der Waals surface area contributed by atoms with Crippen LogP contribution >= 0.6 is 0 Å². The van der Waals surface area contributed by atoms with Gasteiger partial charge in [0.25, 0.3) is 0 Å². The van der Waals surface area contributed by atoms with Gasteiger partial charge in [0.1, 0.15) is 0 Å². The molecule has 3 aliphatic rings. The number of aliphatic carboxylic acids is 3. The minimum Gasteiger partial charge on any atom is -0.481 e. The summed E-state index contributed by atoms with van der Waals surface area (Å²) >= 11 is 0. The first-order valence-electron chi connectivity index (χ1n) is 16.1. The van der Waals surface area contributed by atoms with E-state index in [1.807, 2.05) is 13.8 Å². The Hall–Kier alpha value is -3.37. The van der Waals surface area contributed by atoms with Gasteiger partial charge in [0, 0.05) is 78.5 Å². The van der Waals surface area contributed by atoms with Crippen molar-refractivity contribution >= 4 is 17.9 Å². The Kier molecular flexibility index (Phi) is 9.14. The van der Waals surface area contributed by atoms with E-state index in [-0.39, 0.29) is 55.1 Å². The van der Waals surface area contributed by atoms with Gasteiger partial charge in [-0.15, -0.1) is 6.58 Å². The lowest BCUT2D eigenvalue weighted by atomic mass is 9.79. The maximum Gasteiger partial charge on any atom is 0.308 e. The maximum absolute atomic E-state index is 12.8. The highest BCUT2D eigenvalue weighted by atomic mass is 16.4. The molecule has 7 N–H and O–H groups in total. The van der Waals surface area contributed by atoms with Gasteiger partial charge in [-0.2, -0.15) is 0 Å². The number of fused-ring (bicyclic) bond motifs is 8. The second kappa shape index (κ2) is 12.6. The molecule has 5 heterocycles. The van der Waals surface area contributed by atoms with Crippen LogP contribution in [0.15, 0.2) is 12.7 Å². The maximum atomic E-state index is 12.8. The fourth-order valence-electron chi connectivity index (χ4n) is 8.72. The zero-order valence-corrected chi connectivity index (χ0v) is 26.5. The molecule has 0 amide bonds. The number of aromatic nitrogens is 2. The number of hydrogen-bond acceptors (Lipinski definition) is 5. The number of H-pyrrole nitrogens is 2. The van der Waals surface area contributed by atoms with Gasteiger partial charge >= 0.3 is 17.9 Å². The number of carboxylic acid groups (broad SMARTS) is 3. The van der Waals surface area contributed by atoms with Crippen LogP contribution in [-0.2, 0) is 46.5 Å². The molecular formula is C34H48N4O6. The lowest BCUT2D eigenvalue weighted by Crippen LogP contribution is -2.41. The predicted molar refractivity (Wildman–Crippen MR) is 167 cm³/mol. The van der Waals surface area contributed by atoms with Crippen LogP contribution in [0.1, 0.15) is 84.6 Å². The van der Waals surface area contributed by atoms with Crippen molar-refractivity contribution in [3.05, 3.63) is 57.7 Å². The van der Waals surface area contributed by atoms with Crippen LogP contribution < -0.4 is 10.6 Å². The summed E-state index contributed by atoms with van der Waals surface area (Å²) in [6.07, 6.45) is 4.86. The predicted octanol–water partition coefficient (Wildman–Crippen LogP) is 3.89. The SMILES string of the molecule is C=CC1C2Cc3[nH]c(c(CC)c3C)CC3NC(C(CC(=O)O)c4[nH]c(c(C)c4CCC(=O)O)CC(N2)C1C)C(C(=O)O)C3C. The highest BCUT2D eigenvalue weighted by Crippen LogP contribution is 2.42. The molecule has 3 aliphatic heterocycles. The molecule has 9 unspecified atom stereocenters. The molecule has 2 saturated heterocycles. The topological polar surface area (TPSA) is 168 Å². The molecule has 240 valence electrons. The van der Waals surface area contributed by atoms with Crippen molar-refractivity contribution in [3.8, 4) is 0 Å². The summed E-state index contributed by atoms with van der Waals surface area (Å²) in [7, 11) is 0. The molecule has 0 aliphatic carbocycles. The zero-order chi connectivity index (χ0) is 32.0. The molecule has 10 nitrogen and oxygen atoms in total. The molecule has 2 fully saturated rings. The quantitative estimate of drug-likeness (QED) is 0.222. The third kappa shape index (κ3) is 5.74. The summed E-state index contributed by atoms with van der Waals surface area (Å²) < 4.78 is 0. The van der Waals surface area contributed by atoms with Crippen LogP contribution in [0.25, 0.3) is 0 Å².